The Hall–Kier alpha value is -2.37. The Morgan fingerprint density at radius 2 is 2.44 bits per heavy atom. The molecular weight excluding hydrogens is 232 g/mol. The minimum atomic E-state index is -0.616. The molecule has 1 rings (SSSR count). The average Bonchev–Trinajstić information content (AvgIpc) is 2.38. The van der Waals surface area contributed by atoms with Gasteiger partial charge >= 0.3 is 6.09 Å². The van der Waals surface area contributed by atoms with Crippen molar-refractivity contribution >= 4 is 18.1 Å². The van der Waals surface area contributed by atoms with E-state index in [2.05, 4.69) is 15.5 Å². The van der Waals surface area contributed by atoms with Crippen LogP contribution in [0.5, 0.6) is 0 Å². The van der Waals surface area contributed by atoms with Crippen LogP contribution in [0.3, 0.4) is 0 Å². The van der Waals surface area contributed by atoms with Gasteiger partial charge in [0.2, 0.25) is 0 Å². The molecule has 0 radical (unpaired) electrons. The van der Waals surface area contributed by atoms with Crippen LogP contribution >= 0.6 is 0 Å². The second-order valence-corrected chi connectivity index (χ2v) is 3.56. The van der Waals surface area contributed by atoms with Gasteiger partial charge in [-0.2, -0.15) is 5.10 Å². The van der Waals surface area contributed by atoms with E-state index in [4.69, 9.17) is 10.5 Å². The van der Waals surface area contributed by atoms with Gasteiger partial charge in [-0.25, -0.2) is 15.2 Å². The molecule has 6 heteroatoms. The van der Waals surface area contributed by atoms with E-state index in [0.717, 1.165) is 5.57 Å². The number of hydrogen-bond donors (Lipinski definition) is 2. The average molecular weight is 248 g/mol. The van der Waals surface area contributed by atoms with Crippen molar-refractivity contribution < 1.29 is 9.53 Å². The van der Waals surface area contributed by atoms with Crippen LogP contribution in [0, 0.1) is 0 Å². The molecule has 0 unspecified atom stereocenters. The number of ether oxygens (including phenoxy) is 1. The largest absolute Gasteiger partial charge is 0.444 e. The number of nitrogens with two attached hydrogens (primary N) is 1. The highest BCUT2D eigenvalue weighted by atomic mass is 16.6. The number of carbonyl (C=O) groups is 1. The van der Waals surface area contributed by atoms with Gasteiger partial charge in [0.25, 0.3) is 0 Å². The van der Waals surface area contributed by atoms with Crippen molar-refractivity contribution in [1.29, 1.82) is 0 Å². The Balaban J connectivity index is 2.41. The van der Waals surface area contributed by atoms with Crippen LogP contribution in [0.4, 0.5) is 10.6 Å². The van der Waals surface area contributed by atoms with Crippen molar-refractivity contribution in [3.63, 3.8) is 0 Å². The van der Waals surface area contributed by atoms with E-state index in [1.807, 2.05) is 19.9 Å². The second kappa shape index (κ2) is 7.05. The third kappa shape index (κ3) is 4.65. The Labute approximate surface area is 106 Å². The Morgan fingerprint density at radius 1 is 1.67 bits per heavy atom. The van der Waals surface area contributed by atoms with Gasteiger partial charge in [0.05, 0.1) is 6.21 Å². The van der Waals surface area contributed by atoms with Crippen LogP contribution in [0.1, 0.15) is 19.4 Å². The first kappa shape index (κ1) is 13.7. The summed E-state index contributed by atoms with van der Waals surface area (Å²) in [6.07, 6.45) is 4.24. The fourth-order valence-electron chi connectivity index (χ4n) is 0.989. The van der Waals surface area contributed by atoms with E-state index >= 15 is 0 Å². The molecule has 6 nitrogen and oxygen atoms in total. The van der Waals surface area contributed by atoms with Gasteiger partial charge in [-0.3, -0.25) is 0 Å². The maximum atomic E-state index is 11.2. The summed E-state index contributed by atoms with van der Waals surface area (Å²) in [6.45, 7) is 3.99. The molecule has 0 aliphatic rings. The van der Waals surface area contributed by atoms with E-state index in [1.165, 1.54) is 6.21 Å². The van der Waals surface area contributed by atoms with Crippen molar-refractivity contribution in [3.05, 3.63) is 35.5 Å². The lowest BCUT2D eigenvalue weighted by Gasteiger charge is -2.03. The maximum Gasteiger partial charge on any atom is 0.428 e. The van der Waals surface area contributed by atoms with E-state index in [1.54, 1.807) is 18.3 Å². The predicted molar refractivity (Wildman–Crippen MR) is 70.2 cm³/mol. The standard InChI is InChI=1S/C12H16N4O2/c1-3-9(2)8-18-12(17)16-15-7-10-5-4-6-14-11(10)13/h3-7H,8H2,1-2H3,(H2,13,14)(H,16,17)/b9-3+,15-7+. The lowest BCUT2D eigenvalue weighted by molar-refractivity contribution is 0.156. The van der Waals surface area contributed by atoms with Crippen molar-refractivity contribution in [1.82, 2.24) is 10.4 Å². The van der Waals surface area contributed by atoms with E-state index < -0.39 is 6.09 Å². The SMILES string of the molecule is C/C=C(\C)COC(=O)N/N=C/c1cccnc1N. The van der Waals surface area contributed by atoms with Crippen molar-refractivity contribution in [2.75, 3.05) is 12.3 Å². The number of allylic oxidation sites excluding steroid dienone is 1. The number of nitrogen functional groups attached to an aromatic ring is 1. The van der Waals surface area contributed by atoms with Gasteiger partial charge in [0.15, 0.2) is 0 Å². The van der Waals surface area contributed by atoms with Crippen LogP contribution < -0.4 is 11.2 Å². The molecule has 0 spiro atoms. The third-order valence-corrected chi connectivity index (χ3v) is 2.15. The molecule has 1 heterocycles. The molecule has 1 amide bonds. The smallest absolute Gasteiger partial charge is 0.428 e. The first-order chi connectivity index (χ1) is 8.63. The lowest BCUT2D eigenvalue weighted by atomic mass is 10.3. The van der Waals surface area contributed by atoms with Crippen molar-refractivity contribution in [2.24, 2.45) is 5.10 Å². The Bertz CT molecular complexity index is 469. The summed E-state index contributed by atoms with van der Waals surface area (Å²) in [5.74, 6) is 0.348. The number of hydrogen-bond acceptors (Lipinski definition) is 5. The van der Waals surface area contributed by atoms with Gasteiger partial charge in [0, 0.05) is 11.8 Å². The molecule has 18 heavy (non-hydrogen) atoms. The molecule has 0 fully saturated rings. The zero-order valence-corrected chi connectivity index (χ0v) is 10.4. The highest BCUT2D eigenvalue weighted by molar-refractivity contribution is 5.85. The monoisotopic (exact) mass is 248 g/mol. The van der Waals surface area contributed by atoms with E-state index in [-0.39, 0.29) is 6.61 Å². The number of carbonyl (C=O) groups excluding carboxylic acids is 1. The number of aromatic nitrogens is 1. The normalized spacial score (nSPS) is 11.6. The number of hydrazone groups is 1. The molecule has 1 aromatic rings. The summed E-state index contributed by atoms with van der Waals surface area (Å²) in [5, 5.41) is 3.72. The molecule has 3 N–H and O–H groups in total. The van der Waals surface area contributed by atoms with Crippen molar-refractivity contribution in [2.45, 2.75) is 13.8 Å². The zero-order valence-electron chi connectivity index (χ0n) is 10.4. The fraction of sp³-hybridized carbons (Fsp3) is 0.250. The Kier molecular flexibility index (Phi) is 5.37. The van der Waals surface area contributed by atoms with Gasteiger partial charge < -0.3 is 10.5 Å². The first-order valence-corrected chi connectivity index (χ1v) is 5.41. The summed E-state index contributed by atoms with van der Waals surface area (Å²) < 4.78 is 4.88. The number of anilines is 1. The summed E-state index contributed by atoms with van der Waals surface area (Å²) in [6, 6.07) is 3.47. The first-order valence-electron chi connectivity index (χ1n) is 5.41. The topological polar surface area (TPSA) is 89.6 Å². The molecular formula is C12H16N4O2. The van der Waals surface area contributed by atoms with Gasteiger partial charge in [-0.1, -0.05) is 6.08 Å². The fourth-order valence-corrected chi connectivity index (χ4v) is 0.989. The minimum Gasteiger partial charge on any atom is -0.444 e. The molecule has 0 atom stereocenters. The number of amides is 1. The molecule has 0 saturated carbocycles. The lowest BCUT2D eigenvalue weighted by Crippen LogP contribution is -2.19. The third-order valence-electron chi connectivity index (χ3n) is 2.15. The molecule has 96 valence electrons. The number of nitrogens with zero attached hydrogens (tertiary/aromatic N) is 2. The van der Waals surface area contributed by atoms with E-state index in [9.17, 15) is 4.79 Å². The molecule has 0 aliphatic carbocycles. The van der Waals surface area contributed by atoms with E-state index in [0.29, 0.717) is 11.4 Å². The van der Waals surface area contributed by atoms with Crippen LogP contribution in [0.25, 0.3) is 0 Å². The molecule has 0 aromatic carbocycles. The second-order valence-electron chi connectivity index (χ2n) is 3.56. The number of rotatable bonds is 4. The Morgan fingerprint density at radius 3 is 3.11 bits per heavy atom. The van der Waals surface area contributed by atoms with Crippen LogP contribution in [0.15, 0.2) is 35.1 Å². The highest BCUT2D eigenvalue weighted by Crippen LogP contribution is 2.02. The molecule has 0 bridgehead atoms. The van der Waals surface area contributed by atoms with Gasteiger partial charge in [0.1, 0.15) is 12.4 Å². The zero-order chi connectivity index (χ0) is 13.4. The van der Waals surface area contributed by atoms with Gasteiger partial charge in [-0.05, 0) is 31.6 Å². The number of pyridine rings is 1. The molecule has 0 saturated heterocycles. The molecule has 0 aliphatic heterocycles. The predicted octanol–water partition coefficient (Wildman–Crippen LogP) is 1.69. The summed E-state index contributed by atoms with van der Waals surface area (Å²) in [5.41, 5.74) is 9.43. The summed E-state index contributed by atoms with van der Waals surface area (Å²) in [7, 11) is 0. The maximum absolute atomic E-state index is 11.2. The van der Waals surface area contributed by atoms with Crippen molar-refractivity contribution in [3.8, 4) is 0 Å². The van der Waals surface area contributed by atoms with Crippen LogP contribution in [-0.4, -0.2) is 23.9 Å². The number of nitrogens with one attached hydrogen (secondary N) is 1. The summed E-state index contributed by atoms with van der Waals surface area (Å²) in [4.78, 5) is 15.1. The van der Waals surface area contributed by atoms with Crippen LogP contribution in [-0.2, 0) is 4.74 Å². The quantitative estimate of drug-likeness (QED) is 0.482. The highest BCUT2D eigenvalue weighted by Gasteiger charge is 2.00. The summed E-state index contributed by atoms with van der Waals surface area (Å²) >= 11 is 0. The molecule has 1 aromatic heterocycles. The minimum absolute atomic E-state index is 0.243. The van der Waals surface area contributed by atoms with Crippen LogP contribution in [0.2, 0.25) is 0 Å². The van der Waals surface area contributed by atoms with Gasteiger partial charge in [-0.15, -0.1) is 0 Å².